The Balaban J connectivity index is 2.06. The number of hydrogen-bond donors (Lipinski definition) is 1. The fraction of sp³-hybridized carbons (Fsp3) is 0.167. The van der Waals surface area contributed by atoms with E-state index in [9.17, 15) is 18.7 Å². The number of aromatic nitrogens is 1. The first-order valence-corrected chi connectivity index (χ1v) is 8.28. The summed E-state index contributed by atoms with van der Waals surface area (Å²) >= 11 is 12.4. The van der Waals surface area contributed by atoms with Gasteiger partial charge in [0.1, 0.15) is 5.75 Å². The molecule has 4 nitrogen and oxygen atoms in total. The summed E-state index contributed by atoms with van der Waals surface area (Å²) in [6, 6.07) is 7.62. The van der Waals surface area contributed by atoms with Crippen LogP contribution >= 0.6 is 23.2 Å². The molecule has 0 unspecified atom stereocenters. The van der Waals surface area contributed by atoms with Crippen molar-refractivity contribution in [3.8, 4) is 5.75 Å². The minimum atomic E-state index is -2.90. The van der Waals surface area contributed by atoms with Gasteiger partial charge >= 0.3 is 12.6 Å². The second kappa shape index (κ2) is 7.13. The van der Waals surface area contributed by atoms with Crippen molar-refractivity contribution < 1.29 is 23.4 Å². The molecule has 8 heteroatoms. The maximum atomic E-state index is 12.4. The molecule has 1 aromatic heterocycles. The van der Waals surface area contributed by atoms with Gasteiger partial charge in [0.2, 0.25) is 0 Å². The molecule has 1 heterocycles. The first-order valence-electron chi connectivity index (χ1n) is 7.52. The van der Waals surface area contributed by atoms with Crippen LogP contribution < -0.4 is 4.74 Å². The van der Waals surface area contributed by atoms with E-state index < -0.39 is 12.6 Å². The van der Waals surface area contributed by atoms with Gasteiger partial charge < -0.3 is 14.4 Å². The average molecular weight is 400 g/mol. The summed E-state index contributed by atoms with van der Waals surface area (Å²) in [6.45, 7) is -0.892. The van der Waals surface area contributed by atoms with Crippen molar-refractivity contribution in [1.29, 1.82) is 0 Å². The predicted octanol–water partition coefficient (Wildman–Crippen LogP) is 5.60. The molecule has 0 amide bonds. The Morgan fingerprint density at radius 3 is 2.65 bits per heavy atom. The lowest BCUT2D eigenvalue weighted by atomic mass is 10.1. The Hall–Kier alpha value is -2.31. The van der Waals surface area contributed by atoms with Crippen LogP contribution in [-0.2, 0) is 6.54 Å². The Morgan fingerprint density at radius 1 is 1.27 bits per heavy atom. The molecule has 3 rings (SSSR count). The van der Waals surface area contributed by atoms with Crippen LogP contribution in [0.1, 0.15) is 21.5 Å². The molecule has 0 bridgehead atoms. The fourth-order valence-corrected chi connectivity index (χ4v) is 3.49. The molecule has 0 spiro atoms. The lowest BCUT2D eigenvalue weighted by molar-refractivity contribution is -0.0497. The van der Waals surface area contributed by atoms with Crippen molar-refractivity contribution in [3.63, 3.8) is 0 Å². The molecule has 2 aromatic carbocycles. The molecule has 1 N–H and O–H groups in total. The molecule has 0 radical (unpaired) electrons. The summed E-state index contributed by atoms with van der Waals surface area (Å²) in [7, 11) is 0. The van der Waals surface area contributed by atoms with Crippen LogP contribution in [0.15, 0.2) is 36.5 Å². The van der Waals surface area contributed by atoms with Crippen LogP contribution in [0.2, 0.25) is 10.0 Å². The number of hydrogen-bond acceptors (Lipinski definition) is 2. The quantitative estimate of drug-likeness (QED) is 0.606. The number of fused-ring (bicyclic) bond motifs is 1. The topological polar surface area (TPSA) is 51.5 Å². The third-order valence-corrected chi connectivity index (χ3v) is 4.78. The third kappa shape index (κ3) is 3.48. The molecule has 136 valence electrons. The summed E-state index contributed by atoms with van der Waals surface area (Å²) < 4.78 is 31.2. The number of benzene rings is 2. The molecule has 0 saturated carbocycles. The molecular weight excluding hydrogens is 387 g/mol. The van der Waals surface area contributed by atoms with E-state index in [1.165, 1.54) is 24.3 Å². The van der Waals surface area contributed by atoms with Gasteiger partial charge in [-0.2, -0.15) is 8.78 Å². The molecule has 0 aliphatic carbocycles. The second-order valence-corrected chi connectivity index (χ2v) is 6.48. The lowest BCUT2D eigenvalue weighted by Gasteiger charge is -2.13. The Morgan fingerprint density at radius 2 is 2.00 bits per heavy atom. The highest BCUT2D eigenvalue weighted by Gasteiger charge is 2.17. The monoisotopic (exact) mass is 399 g/mol. The summed E-state index contributed by atoms with van der Waals surface area (Å²) in [6.07, 6.45) is 1.75. The number of carboxylic acids is 1. The van der Waals surface area contributed by atoms with E-state index in [4.69, 9.17) is 23.2 Å². The number of aromatic carboxylic acids is 1. The molecule has 26 heavy (non-hydrogen) atoms. The summed E-state index contributed by atoms with van der Waals surface area (Å²) in [5.74, 6) is -1.07. The van der Waals surface area contributed by atoms with E-state index in [1.807, 2.05) is 4.57 Å². The maximum absolute atomic E-state index is 12.4. The van der Waals surface area contributed by atoms with Crippen LogP contribution in [0.25, 0.3) is 10.9 Å². The number of carboxylic acid groups (broad SMARTS) is 1. The van der Waals surface area contributed by atoms with Gasteiger partial charge in [0.25, 0.3) is 0 Å². The zero-order valence-electron chi connectivity index (χ0n) is 13.5. The Bertz CT molecular complexity index is 1000. The summed E-state index contributed by atoms with van der Waals surface area (Å²) in [4.78, 5) is 11.3. The van der Waals surface area contributed by atoms with Crippen molar-refractivity contribution in [2.75, 3.05) is 0 Å². The molecular formula is C18H13Cl2F2NO3. The molecule has 0 atom stereocenters. The normalized spacial score (nSPS) is 11.3. The average Bonchev–Trinajstić information content (AvgIpc) is 2.93. The SMILES string of the molecule is Cc1cc(OC(F)F)cc2ccn(Cc3c(Cl)ccc(C(=O)O)c3Cl)c12. The van der Waals surface area contributed by atoms with Crippen molar-refractivity contribution in [2.45, 2.75) is 20.1 Å². The second-order valence-electron chi connectivity index (χ2n) is 5.69. The van der Waals surface area contributed by atoms with Crippen molar-refractivity contribution in [1.82, 2.24) is 4.57 Å². The van der Waals surface area contributed by atoms with Crippen LogP contribution in [0.5, 0.6) is 5.75 Å². The molecule has 0 saturated heterocycles. The van der Waals surface area contributed by atoms with Crippen LogP contribution in [0.4, 0.5) is 8.78 Å². The van der Waals surface area contributed by atoms with Crippen molar-refractivity contribution in [3.05, 3.63) is 63.3 Å². The van der Waals surface area contributed by atoms with Gasteiger partial charge in [-0.15, -0.1) is 0 Å². The lowest BCUT2D eigenvalue weighted by Crippen LogP contribution is -2.05. The van der Waals surface area contributed by atoms with Crippen molar-refractivity contribution in [2.24, 2.45) is 0 Å². The molecule has 3 aromatic rings. The maximum Gasteiger partial charge on any atom is 0.387 e. The first-order chi connectivity index (χ1) is 12.3. The zero-order chi connectivity index (χ0) is 19.0. The highest BCUT2D eigenvalue weighted by atomic mass is 35.5. The highest BCUT2D eigenvalue weighted by Crippen LogP contribution is 2.32. The van der Waals surface area contributed by atoms with E-state index in [0.29, 0.717) is 16.0 Å². The van der Waals surface area contributed by atoms with E-state index in [0.717, 1.165) is 11.1 Å². The summed E-state index contributed by atoms with van der Waals surface area (Å²) in [5, 5.41) is 10.3. The highest BCUT2D eigenvalue weighted by molar-refractivity contribution is 6.37. The van der Waals surface area contributed by atoms with Gasteiger partial charge in [0, 0.05) is 22.2 Å². The summed E-state index contributed by atoms with van der Waals surface area (Å²) in [5.41, 5.74) is 1.95. The minimum Gasteiger partial charge on any atom is -0.478 e. The van der Waals surface area contributed by atoms with Crippen LogP contribution in [0.3, 0.4) is 0 Å². The van der Waals surface area contributed by atoms with Crippen LogP contribution in [-0.4, -0.2) is 22.3 Å². The number of halogens is 4. The Kier molecular flexibility index (Phi) is 5.07. The zero-order valence-corrected chi connectivity index (χ0v) is 15.0. The number of carbonyl (C=O) groups is 1. The van der Waals surface area contributed by atoms with Gasteiger partial charge in [-0.05, 0) is 42.8 Å². The van der Waals surface area contributed by atoms with Crippen molar-refractivity contribution >= 4 is 40.1 Å². The fourth-order valence-electron chi connectivity index (χ4n) is 2.92. The number of rotatable bonds is 5. The Labute approximate surface area is 157 Å². The predicted molar refractivity (Wildman–Crippen MR) is 95.8 cm³/mol. The van der Waals surface area contributed by atoms with Gasteiger partial charge in [0.05, 0.1) is 22.6 Å². The van der Waals surface area contributed by atoms with Gasteiger partial charge in [-0.3, -0.25) is 0 Å². The van der Waals surface area contributed by atoms with E-state index in [1.54, 1.807) is 19.2 Å². The molecule has 0 fully saturated rings. The first kappa shape index (κ1) is 18.5. The number of aryl methyl sites for hydroxylation is 1. The number of nitrogens with zero attached hydrogens (tertiary/aromatic N) is 1. The van der Waals surface area contributed by atoms with E-state index in [-0.39, 0.29) is 22.9 Å². The largest absolute Gasteiger partial charge is 0.478 e. The molecule has 0 aliphatic heterocycles. The number of alkyl halides is 2. The minimum absolute atomic E-state index is 0.0353. The van der Waals surface area contributed by atoms with Gasteiger partial charge in [0.15, 0.2) is 0 Å². The van der Waals surface area contributed by atoms with Gasteiger partial charge in [-0.1, -0.05) is 23.2 Å². The van der Waals surface area contributed by atoms with Gasteiger partial charge in [-0.25, -0.2) is 4.79 Å². The smallest absolute Gasteiger partial charge is 0.387 e. The van der Waals surface area contributed by atoms with E-state index in [2.05, 4.69) is 4.74 Å². The van der Waals surface area contributed by atoms with E-state index >= 15 is 0 Å². The molecule has 0 aliphatic rings. The number of ether oxygens (including phenoxy) is 1. The van der Waals surface area contributed by atoms with Crippen LogP contribution in [0, 0.1) is 6.92 Å². The third-order valence-electron chi connectivity index (χ3n) is 3.99. The standard InChI is InChI=1S/C18H13Cl2F2NO3/c1-9-6-11(26-18(21)22)7-10-4-5-23(16(9)10)8-13-14(19)3-2-12(15(13)20)17(24)25/h2-7,18H,8H2,1H3,(H,24,25).